The molecule has 0 saturated carbocycles. The smallest absolute Gasteiger partial charge is 0.262 e. The van der Waals surface area contributed by atoms with E-state index in [9.17, 15) is 9.18 Å². The maximum absolute atomic E-state index is 13.3. The number of nitrogens with zero attached hydrogens (tertiary/aromatic N) is 3. The minimum atomic E-state index is -0.294. The normalized spacial score (nSPS) is 13.4. The average molecular weight is 447 g/mol. The lowest BCUT2D eigenvalue weighted by atomic mass is 10.1. The lowest BCUT2D eigenvalue weighted by Gasteiger charge is -2.19. The number of carbonyl (C=O) groups is 1. The number of anilines is 1. The van der Waals surface area contributed by atoms with Crippen LogP contribution in [0.4, 0.5) is 15.8 Å². The minimum Gasteiger partial charge on any atom is -0.482 e. The number of thiazole rings is 1. The van der Waals surface area contributed by atoms with Crippen molar-refractivity contribution in [3.63, 3.8) is 0 Å². The number of amides is 1. The molecule has 2 aromatic carbocycles. The van der Waals surface area contributed by atoms with E-state index in [1.165, 1.54) is 23.5 Å². The molecule has 5 rings (SSSR count). The van der Waals surface area contributed by atoms with Gasteiger partial charge < -0.3 is 14.6 Å². The van der Waals surface area contributed by atoms with Crippen LogP contribution >= 0.6 is 11.3 Å². The van der Waals surface area contributed by atoms with E-state index < -0.39 is 0 Å². The quantitative estimate of drug-likeness (QED) is 0.489. The van der Waals surface area contributed by atoms with Gasteiger partial charge in [0, 0.05) is 35.8 Å². The summed E-state index contributed by atoms with van der Waals surface area (Å²) in [5.41, 5.74) is 4.22. The molecule has 1 aliphatic rings. The van der Waals surface area contributed by atoms with Gasteiger partial charge in [0.25, 0.3) is 5.91 Å². The third kappa shape index (κ3) is 4.31. The molecule has 2 aromatic heterocycles. The molecule has 1 amide bonds. The van der Waals surface area contributed by atoms with E-state index in [1.54, 1.807) is 18.3 Å². The molecule has 32 heavy (non-hydrogen) atoms. The number of aryl methyl sites for hydroxylation is 1. The molecular weight excluding hydrogens is 427 g/mol. The number of fused-ring (bicyclic) bond motifs is 1. The second kappa shape index (κ2) is 8.76. The van der Waals surface area contributed by atoms with Gasteiger partial charge >= 0.3 is 0 Å². The van der Waals surface area contributed by atoms with Gasteiger partial charge in [0.05, 0.1) is 17.1 Å². The van der Waals surface area contributed by atoms with Crippen LogP contribution in [0.2, 0.25) is 0 Å². The second-order valence-electron chi connectivity index (χ2n) is 7.26. The fourth-order valence-corrected chi connectivity index (χ4v) is 4.46. The Labute approximate surface area is 187 Å². The molecule has 0 spiro atoms. The summed E-state index contributed by atoms with van der Waals surface area (Å²) in [6.07, 6.45) is 2.51. The topological polar surface area (TPSA) is 68.5 Å². The Hall–Kier alpha value is -3.78. The Kier molecular flexibility index (Phi) is 5.51. The van der Waals surface area contributed by atoms with Crippen molar-refractivity contribution >= 4 is 28.6 Å². The summed E-state index contributed by atoms with van der Waals surface area (Å²) in [6.45, 7) is 0.686. The van der Waals surface area contributed by atoms with Gasteiger partial charge in [0.2, 0.25) is 0 Å². The number of hydrogen-bond donors (Lipinski definition) is 1. The first-order valence-electron chi connectivity index (χ1n) is 10.1. The minimum absolute atomic E-state index is 0.0234. The summed E-state index contributed by atoms with van der Waals surface area (Å²) in [6, 6.07) is 17.7. The fraction of sp³-hybridized carbons (Fsp3) is 0.125. The van der Waals surface area contributed by atoms with Gasteiger partial charge in [-0.05, 0) is 54.6 Å². The molecule has 0 fully saturated rings. The first-order chi connectivity index (χ1) is 15.7. The zero-order chi connectivity index (χ0) is 21.9. The van der Waals surface area contributed by atoms with E-state index in [-0.39, 0.29) is 18.3 Å². The molecular formula is C24H19FN4O2S. The van der Waals surface area contributed by atoms with Crippen molar-refractivity contribution in [3.05, 3.63) is 88.6 Å². The third-order valence-electron chi connectivity index (χ3n) is 5.07. The van der Waals surface area contributed by atoms with E-state index >= 15 is 0 Å². The molecule has 3 heterocycles. The van der Waals surface area contributed by atoms with Crippen LogP contribution in [0.25, 0.3) is 11.3 Å². The summed E-state index contributed by atoms with van der Waals surface area (Å²) in [4.78, 5) is 21.7. The van der Waals surface area contributed by atoms with Crippen molar-refractivity contribution in [2.75, 3.05) is 11.9 Å². The van der Waals surface area contributed by atoms with Crippen LogP contribution < -0.4 is 14.9 Å². The van der Waals surface area contributed by atoms with Gasteiger partial charge in [-0.2, -0.15) is 0 Å². The predicted octanol–water partition coefficient (Wildman–Crippen LogP) is 4.56. The predicted molar refractivity (Wildman–Crippen MR) is 121 cm³/mol. The second-order valence-corrected chi connectivity index (χ2v) is 8.10. The number of carbonyl (C=O) groups excluding carboxylic acids is 1. The van der Waals surface area contributed by atoms with E-state index in [0.717, 1.165) is 28.2 Å². The Balaban J connectivity index is 1.56. The van der Waals surface area contributed by atoms with E-state index in [1.807, 2.05) is 41.8 Å². The van der Waals surface area contributed by atoms with Gasteiger partial charge in [-0.3, -0.25) is 9.78 Å². The fourth-order valence-electron chi connectivity index (χ4n) is 3.51. The van der Waals surface area contributed by atoms with Crippen LogP contribution in [-0.2, 0) is 17.8 Å². The summed E-state index contributed by atoms with van der Waals surface area (Å²) in [5.74, 6) is 0.187. The summed E-state index contributed by atoms with van der Waals surface area (Å²) < 4.78 is 20.9. The summed E-state index contributed by atoms with van der Waals surface area (Å²) >= 11 is 1.51. The highest BCUT2D eigenvalue weighted by Crippen LogP contribution is 2.33. The van der Waals surface area contributed by atoms with Gasteiger partial charge in [-0.25, -0.2) is 9.38 Å². The van der Waals surface area contributed by atoms with Gasteiger partial charge in [0.1, 0.15) is 11.6 Å². The van der Waals surface area contributed by atoms with Gasteiger partial charge in [-0.15, -0.1) is 11.3 Å². The Bertz CT molecular complexity index is 1330. The van der Waals surface area contributed by atoms with Crippen LogP contribution in [-0.4, -0.2) is 22.1 Å². The van der Waals surface area contributed by atoms with Crippen molar-refractivity contribution in [2.24, 2.45) is 4.99 Å². The Morgan fingerprint density at radius 1 is 1.16 bits per heavy atom. The number of ether oxygens (including phenoxy) is 1. The number of halogens is 1. The zero-order valence-electron chi connectivity index (χ0n) is 17.0. The van der Waals surface area contributed by atoms with Gasteiger partial charge in [0.15, 0.2) is 11.4 Å². The number of hydrogen-bond acceptors (Lipinski definition) is 5. The first-order valence-corrected chi connectivity index (χ1v) is 11.0. The highest BCUT2D eigenvalue weighted by atomic mass is 32.1. The Morgan fingerprint density at radius 3 is 2.84 bits per heavy atom. The van der Waals surface area contributed by atoms with Crippen molar-refractivity contribution in [1.82, 2.24) is 9.55 Å². The van der Waals surface area contributed by atoms with Crippen molar-refractivity contribution in [1.29, 1.82) is 0 Å². The molecule has 0 unspecified atom stereocenters. The molecule has 0 bridgehead atoms. The molecule has 1 aliphatic heterocycles. The van der Waals surface area contributed by atoms with Crippen molar-refractivity contribution < 1.29 is 13.9 Å². The van der Waals surface area contributed by atoms with Crippen LogP contribution in [0, 0.1) is 5.82 Å². The van der Waals surface area contributed by atoms with E-state index in [4.69, 9.17) is 9.73 Å². The summed E-state index contributed by atoms with van der Waals surface area (Å²) in [5, 5.41) is 4.90. The number of pyridine rings is 1. The molecule has 1 N–H and O–H groups in total. The van der Waals surface area contributed by atoms with Crippen LogP contribution in [0.3, 0.4) is 0 Å². The van der Waals surface area contributed by atoms with Gasteiger partial charge in [-0.1, -0.05) is 6.07 Å². The average Bonchev–Trinajstić information content (AvgIpc) is 3.21. The molecule has 8 heteroatoms. The van der Waals surface area contributed by atoms with Crippen LogP contribution in [0.5, 0.6) is 5.75 Å². The molecule has 4 aromatic rings. The lowest BCUT2D eigenvalue weighted by molar-refractivity contribution is -0.118. The molecule has 0 radical (unpaired) electrons. The highest BCUT2D eigenvalue weighted by Gasteiger charge is 2.18. The Morgan fingerprint density at radius 2 is 2.03 bits per heavy atom. The third-order valence-corrected chi connectivity index (χ3v) is 5.94. The maximum atomic E-state index is 13.3. The number of benzene rings is 2. The van der Waals surface area contributed by atoms with Crippen LogP contribution in [0.15, 0.2) is 77.2 Å². The lowest BCUT2D eigenvalue weighted by Crippen LogP contribution is -2.25. The SMILES string of the molecule is O=C1COc2ccc(-c3csc(=Nc4ccc(F)cc4)n3CCc3ccccn3)cc2N1. The first kappa shape index (κ1) is 20.1. The number of nitrogens with one attached hydrogen (secondary N) is 1. The molecule has 0 aliphatic carbocycles. The zero-order valence-corrected chi connectivity index (χ0v) is 17.8. The standard InChI is InChI=1S/C24H19FN4O2S/c25-17-5-7-19(8-6-17)27-24-29(12-10-18-3-1-2-11-26-18)21(15-32-24)16-4-9-22-20(13-16)28-23(30)14-31-22/h1-9,11,13,15H,10,12,14H2,(H,28,30). The van der Waals surface area contributed by atoms with Crippen molar-refractivity contribution in [3.8, 4) is 17.0 Å². The monoisotopic (exact) mass is 446 g/mol. The summed E-state index contributed by atoms with van der Waals surface area (Å²) in [7, 11) is 0. The molecule has 160 valence electrons. The number of rotatable bonds is 5. The largest absolute Gasteiger partial charge is 0.482 e. The van der Waals surface area contributed by atoms with E-state index in [2.05, 4.69) is 14.9 Å². The molecule has 0 saturated heterocycles. The molecule has 6 nitrogen and oxygen atoms in total. The highest BCUT2D eigenvalue weighted by molar-refractivity contribution is 7.07. The van der Waals surface area contributed by atoms with Crippen molar-refractivity contribution in [2.45, 2.75) is 13.0 Å². The maximum Gasteiger partial charge on any atom is 0.262 e. The number of aromatic nitrogens is 2. The molecule has 0 atom stereocenters. The van der Waals surface area contributed by atoms with Crippen LogP contribution in [0.1, 0.15) is 5.69 Å². The van der Waals surface area contributed by atoms with E-state index in [0.29, 0.717) is 23.7 Å².